The standard InChI is InChI=1S/C16H33NO2Si2/c1-15(2,3)20(7,8)14(18)11-13(12-17)19-21(9,10)16(4,5)6/h11,13,18H,1-10H3/b14-11-/t13-/m0/s1. The molecule has 0 aliphatic rings. The normalized spacial score (nSPS) is 16.5. The Bertz CT molecular complexity index is 435. The highest BCUT2D eigenvalue weighted by molar-refractivity contribution is 6.86. The molecule has 0 aromatic heterocycles. The Morgan fingerprint density at radius 1 is 1.05 bits per heavy atom. The summed E-state index contributed by atoms with van der Waals surface area (Å²) >= 11 is 0. The van der Waals surface area contributed by atoms with E-state index in [1.165, 1.54) is 0 Å². The van der Waals surface area contributed by atoms with Gasteiger partial charge in [-0.15, -0.1) is 0 Å². The molecular formula is C16H33NO2Si2. The zero-order valence-electron chi connectivity index (χ0n) is 15.5. The van der Waals surface area contributed by atoms with Crippen LogP contribution in [0.1, 0.15) is 41.5 Å². The highest BCUT2D eigenvalue weighted by Gasteiger charge is 2.42. The average molecular weight is 328 g/mol. The van der Waals surface area contributed by atoms with Crippen molar-refractivity contribution >= 4 is 16.4 Å². The molecule has 0 aliphatic heterocycles. The summed E-state index contributed by atoms with van der Waals surface area (Å²) in [7, 11) is -4.03. The fourth-order valence-electron chi connectivity index (χ4n) is 1.33. The molecule has 0 fully saturated rings. The molecule has 0 aromatic rings. The third kappa shape index (κ3) is 4.98. The minimum atomic E-state index is -2.02. The van der Waals surface area contributed by atoms with Gasteiger partial charge in [0.1, 0.15) is 8.07 Å². The molecule has 1 N–H and O–H groups in total. The van der Waals surface area contributed by atoms with E-state index in [1.54, 1.807) is 6.08 Å². The third-order valence-corrected chi connectivity index (χ3v) is 14.8. The Balaban J connectivity index is 5.37. The van der Waals surface area contributed by atoms with Crippen LogP contribution >= 0.6 is 0 Å². The zero-order chi connectivity index (χ0) is 17.3. The van der Waals surface area contributed by atoms with Crippen molar-refractivity contribution in [2.75, 3.05) is 0 Å². The van der Waals surface area contributed by atoms with Gasteiger partial charge in [-0.25, -0.2) is 0 Å². The molecule has 0 radical (unpaired) electrons. The first kappa shape index (κ1) is 20.4. The fraction of sp³-hybridized carbons (Fsp3) is 0.812. The molecule has 1 atom stereocenters. The number of aliphatic hydroxyl groups excluding tert-OH is 1. The maximum atomic E-state index is 10.5. The van der Waals surface area contributed by atoms with Gasteiger partial charge in [0.15, 0.2) is 14.4 Å². The van der Waals surface area contributed by atoms with Gasteiger partial charge in [-0.2, -0.15) is 5.26 Å². The lowest BCUT2D eigenvalue weighted by Gasteiger charge is -2.38. The maximum absolute atomic E-state index is 10.5. The molecule has 122 valence electrons. The van der Waals surface area contributed by atoms with E-state index in [4.69, 9.17) is 4.43 Å². The Hall–Kier alpha value is -0.576. The molecular weight excluding hydrogens is 294 g/mol. The Kier molecular flexibility index (Phi) is 6.10. The van der Waals surface area contributed by atoms with E-state index in [1.807, 2.05) is 0 Å². The first-order chi connectivity index (χ1) is 9.06. The maximum Gasteiger partial charge on any atom is 0.194 e. The SMILES string of the molecule is CC(C)(C)[Si](C)(C)O[C@H](C#N)/C=C(/O)[Si](C)(C)C(C)(C)C. The molecule has 0 saturated carbocycles. The van der Waals surface area contributed by atoms with Gasteiger partial charge < -0.3 is 9.53 Å². The smallest absolute Gasteiger partial charge is 0.194 e. The molecule has 0 saturated heterocycles. The molecule has 0 unspecified atom stereocenters. The van der Waals surface area contributed by atoms with Crippen LogP contribution in [0, 0.1) is 11.3 Å². The van der Waals surface area contributed by atoms with Crippen molar-refractivity contribution in [2.45, 2.75) is 83.9 Å². The van der Waals surface area contributed by atoms with Crippen molar-refractivity contribution in [1.82, 2.24) is 0 Å². The van der Waals surface area contributed by atoms with Crippen molar-refractivity contribution in [3.63, 3.8) is 0 Å². The summed E-state index contributed by atoms with van der Waals surface area (Å²) in [6.45, 7) is 21.3. The quantitative estimate of drug-likeness (QED) is 0.556. The van der Waals surface area contributed by atoms with Gasteiger partial charge in [0.05, 0.1) is 11.5 Å². The zero-order valence-corrected chi connectivity index (χ0v) is 17.5. The van der Waals surface area contributed by atoms with Crippen LogP contribution in [0.5, 0.6) is 0 Å². The minimum Gasteiger partial charge on any atom is -0.518 e. The van der Waals surface area contributed by atoms with Gasteiger partial charge in [-0.05, 0) is 29.2 Å². The van der Waals surface area contributed by atoms with E-state index >= 15 is 0 Å². The average Bonchev–Trinajstić information content (AvgIpc) is 2.24. The van der Waals surface area contributed by atoms with Crippen LogP contribution in [0.15, 0.2) is 11.5 Å². The van der Waals surface area contributed by atoms with E-state index in [0.717, 1.165) is 0 Å². The van der Waals surface area contributed by atoms with Crippen LogP contribution in [0.4, 0.5) is 0 Å². The van der Waals surface area contributed by atoms with Gasteiger partial charge in [-0.3, -0.25) is 0 Å². The molecule has 0 rings (SSSR count). The summed E-state index contributed by atoms with van der Waals surface area (Å²) in [5, 5.41) is 20.3. The molecule has 0 bridgehead atoms. The van der Waals surface area contributed by atoms with E-state index in [0.29, 0.717) is 5.38 Å². The molecule has 5 heteroatoms. The lowest BCUT2D eigenvalue weighted by molar-refractivity contribution is 0.268. The topological polar surface area (TPSA) is 53.2 Å². The fourth-order valence-corrected chi connectivity index (χ4v) is 3.77. The monoisotopic (exact) mass is 327 g/mol. The number of rotatable bonds is 4. The summed E-state index contributed by atoms with van der Waals surface area (Å²) in [4.78, 5) is 0. The second-order valence-electron chi connectivity index (χ2n) is 8.85. The van der Waals surface area contributed by atoms with Gasteiger partial charge >= 0.3 is 0 Å². The van der Waals surface area contributed by atoms with Crippen molar-refractivity contribution in [1.29, 1.82) is 5.26 Å². The van der Waals surface area contributed by atoms with Crippen LogP contribution < -0.4 is 0 Å². The molecule has 21 heavy (non-hydrogen) atoms. The molecule has 0 heterocycles. The van der Waals surface area contributed by atoms with E-state index in [2.05, 4.69) is 73.8 Å². The Morgan fingerprint density at radius 3 is 1.76 bits per heavy atom. The largest absolute Gasteiger partial charge is 0.518 e. The van der Waals surface area contributed by atoms with Crippen LogP contribution in [-0.2, 0) is 4.43 Å². The first-order valence-electron chi connectivity index (χ1n) is 7.55. The van der Waals surface area contributed by atoms with E-state index in [9.17, 15) is 10.4 Å². The van der Waals surface area contributed by atoms with Crippen molar-refractivity contribution in [2.24, 2.45) is 0 Å². The number of nitriles is 1. The van der Waals surface area contributed by atoms with Crippen molar-refractivity contribution in [3.05, 3.63) is 11.5 Å². The van der Waals surface area contributed by atoms with Gasteiger partial charge in [0, 0.05) is 0 Å². The van der Waals surface area contributed by atoms with Gasteiger partial charge in [0.2, 0.25) is 0 Å². The summed E-state index contributed by atoms with van der Waals surface area (Å²) in [6.07, 6.45) is 0.970. The lowest BCUT2D eigenvalue weighted by atomic mass is 10.2. The van der Waals surface area contributed by atoms with Crippen LogP contribution in [0.25, 0.3) is 0 Å². The minimum absolute atomic E-state index is 0.0323. The third-order valence-electron chi connectivity index (χ3n) is 5.18. The second kappa shape index (κ2) is 6.27. The van der Waals surface area contributed by atoms with Crippen molar-refractivity contribution < 1.29 is 9.53 Å². The number of hydrogen-bond acceptors (Lipinski definition) is 3. The highest BCUT2D eigenvalue weighted by atomic mass is 28.4. The lowest BCUT2D eigenvalue weighted by Crippen LogP contribution is -2.44. The second-order valence-corrected chi connectivity index (χ2v) is 18.9. The molecule has 0 aromatic carbocycles. The van der Waals surface area contributed by atoms with Gasteiger partial charge in [0.25, 0.3) is 0 Å². The van der Waals surface area contributed by atoms with E-state index in [-0.39, 0.29) is 10.1 Å². The number of nitrogens with zero attached hydrogens (tertiary/aromatic N) is 1. The van der Waals surface area contributed by atoms with Crippen LogP contribution in [-0.4, -0.2) is 27.6 Å². The van der Waals surface area contributed by atoms with Crippen LogP contribution in [0.3, 0.4) is 0 Å². The molecule has 0 spiro atoms. The van der Waals surface area contributed by atoms with Crippen LogP contribution in [0.2, 0.25) is 36.3 Å². The predicted molar refractivity (Wildman–Crippen MR) is 95.6 cm³/mol. The summed E-state index contributed by atoms with van der Waals surface area (Å²) < 4.78 is 6.09. The number of hydrogen-bond donors (Lipinski definition) is 1. The Labute approximate surface area is 133 Å². The molecule has 0 aliphatic carbocycles. The van der Waals surface area contributed by atoms with Crippen molar-refractivity contribution in [3.8, 4) is 6.07 Å². The van der Waals surface area contributed by atoms with Gasteiger partial charge in [-0.1, -0.05) is 54.6 Å². The predicted octanol–water partition coefficient (Wildman–Crippen LogP) is 5.39. The number of aliphatic hydroxyl groups is 1. The van der Waals surface area contributed by atoms with E-state index < -0.39 is 22.5 Å². The summed E-state index contributed by atoms with van der Waals surface area (Å²) in [5.41, 5.74) is 0. The molecule has 3 nitrogen and oxygen atoms in total. The highest BCUT2D eigenvalue weighted by Crippen LogP contribution is 2.40. The molecule has 0 amide bonds. The Morgan fingerprint density at radius 2 is 1.48 bits per heavy atom. The summed E-state index contributed by atoms with van der Waals surface area (Å²) in [5.74, 6) is 0. The summed E-state index contributed by atoms with van der Waals surface area (Å²) in [6, 6.07) is 2.18. The first-order valence-corrected chi connectivity index (χ1v) is 13.5.